The fourth-order valence-corrected chi connectivity index (χ4v) is 1.72. The van der Waals surface area contributed by atoms with Gasteiger partial charge in [-0.1, -0.05) is 0 Å². The van der Waals surface area contributed by atoms with Crippen LogP contribution in [0.2, 0.25) is 0 Å². The van der Waals surface area contributed by atoms with Crippen LogP contribution in [0.3, 0.4) is 0 Å². The van der Waals surface area contributed by atoms with Crippen LogP contribution in [-0.4, -0.2) is 35.4 Å². The minimum absolute atomic E-state index is 0.0589. The highest BCUT2D eigenvalue weighted by atomic mass is 16.6. The number of hydrogen-bond donors (Lipinski definition) is 2. The van der Waals surface area contributed by atoms with E-state index in [-0.39, 0.29) is 18.1 Å². The minimum Gasteiger partial charge on any atom is -0.460 e. The Morgan fingerprint density at radius 2 is 2.20 bits per heavy atom. The monoisotopic (exact) mass is 215 g/mol. The van der Waals surface area contributed by atoms with Gasteiger partial charge in [0, 0.05) is 6.04 Å². The van der Waals surface area contributed by atoms with E-state index in [1.807, 2.05) is 20.8 Å². The Kier molecular flexibility index (Phi) is 4.11. The summed E-state index contributed by atoms with van der Waals surface area (Å²) in [4.78, 5) is 11.5. The second kappa shape index (κ2) is 4.94. The van der Waals surface area contributed by atoms with E-state index in [2.05, 4.69) is 5.32 Å². The Morgan fingerprint density at radius 3 is 2.73 bits per heavy atom. The number of ether oxygens (including phenoxy) is 1. The molecule has 1 fully saturated rings. The van der Waals surface area contributed by atoms with E-state index in [0.717, 1.165) is 13.0 Å². The molecular formula is C11H21NO3. The Bertz CT molecular complexity index is 222. The molecule has 1 heterocycles. The fourth-order valence-electron chi connectivity index (χ4n) is 1.72. The van der Waals surface area contributed by atoms with Crippen LogP contribution in [0.5, 0.6) is 0 Å². The number of hydrogen-bond acceptors (Lipinski definition) is 4. The largest absolute Gasteiger partial charge is 0.460 e. The molecule has 1 saturated heterocycles. The normalized spacial score (nSPS) is 27.5. The molecule has 0 aromatic carbocycles. The van der Waals surface area contributed by atoms with Crippen molar-refractivity contribution in [2.75, 3.05) is 6.54 Å². The number of carbonyl (C=O) groups is 1. The third-order valence-corrected chi connectivity index (χ3v) is 2.30. The lowest BCUT2D eigenvalue weighted by Crippen LogP contribution is -2.42. The van der Waals surface area contributed by atoms with E-state index < -0.39 is 5.60 Å². The summed E-state index contributed by atoms with van der Waals surface area (Å²) in [6.45, 7) is 6.34. The molecule has 0 amide bonds. The van der Waals surface area contributed by atoms with Gasteiger partial charge in [-0.2, -0.15) is 0 Å². The molecule has 0 aliphatic carbocycles. The van der Waals surface area contributed by atoms with E-state index >= 15 is 0 Å². The van der Waals surface area contributed by atoms with Crippen molar-refractivity contribution in [2.45, 2.75) is 57.8 Å². The fraction of sp³-hybridized carbons (Fsp3) is 0.909. The van der Waals surface area contributed by atoms with Gasteiger partial charge in [0.15, 0.2) is 0 Å². The smallest absolute Gasteiger partial charge is 0.307 e. The molecule has 2 N–H and O–H groups in total. The van der Waals surface area contributed by atoms with E-state index in [1.165, 1.54) is 0 Å². The third kappa shape index (κ3) is 5.14. The third-order valence-electron chi connectivity index (χ3n) is 2.30. The van der Waals surface area contributed by atoms with Gasteiger partial charge in [0.1, 0.15) is 5.60 Å². The van der Waals surface area contributed by atoms with Crippen LogP contribution in [0, 0.1) is 0 Å². The zero-order valence-corrected chi connectivity index (χ0v) is 9.75. The van der Waals surface area contributed by atoms with Crippen molar-refractivity contribution >= 4 is 5.97 Å². The van der Waals surface area contributed by atoms with Crippen LogP contribution >= 0.6 is 0 Å². The van der Waals surface area contributed by atoms with Crippen LogP contribution in [0.4, 0.5) is 0 Å². The molecule has 0 spiro atoms. The molecule has 0 aromatic rings. The number of piperidine rings is 1. The quantitative estimate of drug-likeness (QED) is 0.670. The first-order valence-corrected chi connectivity index (χ1v) is 5.50. The highest BCUT2D eigenvalue weighted by molar-refractivity contribution is 5.70. The molecule has 0 unspecified atom stereocenters. The standard InChI is InChI=1S/C11H21NO3/c1-11(2,3)15-10(14)7-8-6-9(13)4-5-12-8/h8-9,12-13H,4-7H2,1-3H3/t8-,9+/m0/s1. The number of esters is 1. The Hall–Kier alpha value is -0.610. The summed E-state index contributed by atoms with van der Waals surface area (Å²) >= 11 is 0. The van der Waals surface area contributed by atoms with Crippen molar-refractivity contribution in [3.05, 3.63) is 0 Å². The second-order valence-electron chi connectivity index (χ2n) is 5.12. The van der Waals surface area contributed by atoms with Crippen LogP contribution < -0.4 is 5.32 Å². The average molecular weight is 215 g/mol. The molecule has 15 heavy (non-hydrogen) atoms. The SMILES string of the molecule is CC(C)(C)OC(=O)C[C@@H]1C[C@H](O)CCN1. The summed E-state index contributed by atoms with van der Waals surface area (Å²) in [6.07, 6.45) is 1.47. The van der Waals surface area contributed by atoms with E-state index in [1.54, 1.807) is 0 Å². The van der Waals surface area contributed by atoms with Gasteiger partial charge < -0.3 is 15.2 Å². The number of carbonyl (C=O) groups excluding carboxylic acids is 1. The van der Waals surface area contributed by atoms with Crippen LogP contribution in [0.1, 0.15) is 40.0 Å². The van der Waals surface area contributed by atoms with Gasteiger partial charge >= 0.3 is 5.97 Å². The van der Waals surface area contributed by atoms with Crippen molar-refractivity contribution in [3.8, 4) is 0 Å². The summed E-state index contributed by atoms with van der Waals surface area (Å²) in [5.74, 6) is -0.200. The van der Waals surface area contributed by atoms with Crippen molar-refractivity contribution in [1.29, 1.82) is 0 Å². The van der Waals surface area contributed by atoms with Gasteiger partial charge in [-0.15, -0.1) is 0 Å². The first-order chi connectivity index (χ1) is 6.87. The predicted octanol–water partition coefficient (Wildman–Crippen LogP) is 0.831. The molecule has 1 aliphatic rings. The maximum absolute atomic E-state index is 11.5. The summed E-state index contributed by atoms with van der Waals surface area (Å²) in [5.41, 5.74) is -0.426. The predicted molar refractivity (Wildman–Crippen MR) is 57.5 cm³/mol. The van der Waals surface area contributed by atoms with Crippen molar-refractivity contribution < 1.29 is 14.6 Å². The summed E-state index contributed by atoms with van der Waals surface area (Å²) < 4.78 is 5.22. The first-order valence-electron chi connectivity index (χ1n) is 5.50. The number of aliphatic hydroxyl groups excluding tert-OH is 1. The van der Waals surface area contributed by atoms with Crippen LogP contribution in [0.15, 0.2) is 0 Å². The van der Waals surface area contributed by atoms with Crippen molar-refractivity contribution in [2.24, 2.45) is 0 Å². The molecular weight excluding hydrogens is 194 g/mol. The zero-order valence-electron chi connectivity index (χ0n) is 9.75. The lowest BCUT2D eigenvalue weighted by atomic mass is 9.99. The number of aliphatic hydroxyl groups is 1. The Morgan fingerprint density at radius 1 is 1.53 bits per heavy atom. The van der Waals surface area contributed by atoms with Gasteiger partial charge in [-0.25, -0.2) is 0 Å². The van der Waals surface area contributed by atoms with Gasteiger partial charge in [-0.05, 0) is 40.2 Å². The van der Waals surface area contributed by atoms with Crippen LogP contribution in [0.25, 0.3) is 0 Å². The molecule has 1 aliphatic heterocycles. The van der Waals surface area contributed by atoms with Gasteiger partial charge in [-0.3, -0.25) is 4.79 Å². The molecule has 0 saturated carbocycles. The average Bonchev–Trinajstić information content (AvgIpc) is 1.99. The zero-order chi connectivity index (χ0) is 11.5. The molecule has 0 bridgehead atoms. The van der Waals surface area contributed by atoms with Crippen molar-refractivity contribution in [1.82, 2.24) is 5.32 Å². The lowest BCUT2D eigenvalue weighted by Gasteiger charge is -2.28. The van der Waals surface area contributed by atoms with E-state index in [9.17, 15) is 9.90 Å². The molecule has 4 heteroatoms. The summed E-state index contributed by atoms with van der Waals surface area (Å²) in [5, 5.41) is 12.6. The van der Waals surface area contributed by atoms with Gasteiger partial charge in [0.05, 0.1) is 12.5 Å². The maximum Gasteiger partial charge on any atom is 0.307 e. The maximum atomic E-state index is 11.5. The highest BCUT2D eigenvalue weighted by Gasteiger charge is 2.24. The van der Waals surface area contributed by atoms with Gasteiger partial charge in [0.2, 0.25) is 0 Å². The Balaban J connectivity index is 2.31. The summed E-state index contributed by atoms with van der Waals surface area (Å²) in [6, 6.07) is 0.0589. The molecule has 88 valence electrons. The van der Waals surface area contributed by atoms with Crippen molar-refractivity contribution in [3.63, 3.8) is 0 Å². The Labute approximate surface area is 91.0 Å². The molecule has 2 atom stereocenters. The molecule has 4 nitrogen and oxygen atoms in total. The number of nitrogens with one attached hydrogen (secondary N) is 1. The van der Waals surface area contributed by atoms with Gasteiger partial charge in [0.25, 0.3) is 0 Å². The summed E-state index contributed by atoms with van der Waals surface area (Å²) in [7, 11) is 0. The molecule has 0 aromatic heterocycles. The first kappa shape index (κ1) is 12.5. The second-order valence-corrected chi connectivity index (χ2v) is 5.12. The molecule has 0 radical (unpaired) electrons. The number of rotatable bonds is 2. The van der Waals surface area contributed by atoms with Crippen LogP contribution in [-0.2, 0) is 9.53 Å². The topological polar surface area (TPSA) is 58.6 Å². The molecule has 1 rings (SSSR count). The van der Waals surface area contributed by atoms with E-state index in [0.29, 0.717) is 12.8 Å². The van der Waals surface area contributed by atoms with E-state index in [4.69, 9.17) is 4.74 Å². The lowest BCUT2D eigenvalue weighted by molar-refractivity contribution is -0.155. The highest BCUT2D eigenvalue weighted by Crippen LogP contribution is 2.14. The minimum atomic E-state index is -0.426.